The van der Waals surface area contributed by atoms with Gasteiger partial charge in [-0.05, 0) is 54.7 Å². The molecule has 30 heavy (non-hydrogen) atoms. The lowest BCUT2D eigenvalue weighted by atomic mass is 9.96. The number of likely N-dealkylation sites (tertiary alicyclic amines) is 1. The van der Waals surface area contributed by atoms with E-state index in [1.807, 2.05) is 17.0 Å². The molecule has 1 aromatic carbocycles. The lowest BCUT2D eigenvalue weighted by Gasteiger charge is -2.36. The van der Waals surface area contributed by atoms with Crippen molar-refractivity contribution >= 4 is 46.2 Å². The summed E-state index contributed by atoms with van der Waals surface area (Å²) < 4.78 is 13.5. The molecule has 2 aromatic rings. The average molecular weight is 442 g/mol. The number of aromatic nitrogens is 1. The number of carbonyl (C=O) groups is 2. The van der Waals surface area contributed by atoms with Crippen LogP contribution in [0.4, 0.5) is 4.39 Å². The van der Waals surface area contributed by atoms with Gasteiger partial charge in [-0.15, -0.1) is 0 Å². The van der Waals surface area contributed by atoms with Gasteiger partial charge in [0.1, 0.15) is 16.7 Å². The van der Waals surface area contributed by atoms with Gasteiger partial charge in [0.05, 0.1) is 10.9 Å². The highest BCUT2D eigenvalue weighted by Crippen LogP contribution is 2.34. The summed E-state index contributed by atoms with van der Waals surface area (Å²) in [5.74, 6) is -0.754. The van der Waals surface area contributed by atoms with Crippen LogP contribution >= 0.6 is 24.0 Å². The van der Waals surface area contributed by atoms with Crippen LogP contribution in [0.5, 0.6) is 0 Å². The fraction of sp³-hybridized carbons (Fsp3) is 0.273. The number of thioether (sulfide) groups is 1. The molecule has 2 saturated heterocycles. The van der Waals surface area contributed by atoms with E-state index in [2.05, 4.69) is 4.98 Å². The summed E-state index contributed by atoms with van der Waals surface area (Å²) in [5.41, 5.74) is 1.71. The number of nitrogens with zero attached hydrogens (tertiary/aromatic N) is 3. The molecule has 2 amide bonds. The van der Waals surface area contributed by atoms with E-state index in [4.69, 9.17) is 12.2 Å². The number of rotatable bonds is 4. The summed E-state index contributed by atoms with van der Waals surface area (Å²) in [6, 6.07) is 9.69. The van der Waals surface area contributed by atoms with Gasteiger partial charge in [-0.2, -0.15) is 0 Å². The van der Waals surface area contributed by atoms with Crippen molar-refractivity contribution in [3.8, 4) is 0 Å². The Kier molecular flexibility index (Phi) is 6.24. The van der Waals surface area contributed by atoms with E-state index >= 15 is 0 Å². The maximum atomic E-state index is 13.1. The number of pyridine rings is 1. The monoisotopic (exact) mass is 441 g/mol. The van der Waals surface area contributed by atoms with E-state index < -0.39 is 0 Å². The predicted octanol–water partition coefficient (Wildman–Crippen LogP) is 4.18. The minimum Gasteiger partial charge on any atom is -0.334 e. The second kappa shape index (κ2) is 9.06. The first-order valence-corrected chi connectivity index (χ1v) is 11.0. The molecule has 0 aliphatic carbocycles. The van der Waals surface area contributed by atoms with Gasteiger partial charge in [-0.1, -0.05) is 42.2 Å². The van der Waals surface area contributed by atoms with Crippen LogP contribution in [-0.2, 0) is 9.59 Å². The molecule has 2 aliphatic rings. The first-order valence-electron chi connectivity index (χ1n) is 9.73. The number of thiocarbonyl (C=S) groups is 1. The van der Waals surface area contributed by atoms with Crippen molar-refractivity contribution in [2.45, 2.75) is 25.3 Å². The maximum absolute atomic E-state index is 13.1. The van der Waals surface area contributed by atoms with Crippen molar-refractivity contribution in [2.75, 3.05) is 13.1 Å². The van der Waals surface area contributed by atoms with Gasteiger partial charge in [-0.3, -0.25) is 19.5 Å². The lowest BCUT2D eigenvalue weighted by molar-refractivity contribution is -0.138. The normalized spacial score (nSPS) is 20.8. The Morgan fingerprint density at radius 3 is 2.80 bits per heavy atom. The second-order valence-corrected chi connectivity index (χ2v) is 8.88. The SMILES string of the molecule is O=C1/C(=C\c2ccc(F)cc2)SC(=S)N1CC(=O)N1CCCC[C@@H]1c1cccnc1. The molecular weight excluding hydrogens is 421 g/mol. The average Bonchev–Trinajstić information content (AvgIpc) is 3.03. The summed E-state index contributed by atoms with van der Waals surface area (Å²) in [6.45, 7) is 0.570. The van der Waals surface area contributed by atoms with Gasteiger partial charge in [0.2, 0.25) is 5.91 Å². The number of carbonyl (C=O) groups excluding carboxylic acids is 2. The third-order valence-electron chi connectivity index (χ3n) is 5.23. The molecule has 0 unspecified atom stereocenters. The third kappa shape index (κ3) is 4.44. The fourth-order valence-corrected chi connectivity index (χ4v) is 4.98. The van der Waals surface area contributed by atoms with Crippen LogP contribution in [0.1, 0.15) is 36.4 Å². The topological polar surface area (TPSA) is 53.5 Å². The molecule has 3 heterocycles. The Balaban J connectivity index is 1.49. The van der Waals surface area contributed by atoms with Crippen LogP contribution in [0.15, 0.2) is 53.7 Å². The molecule has 0 N–H and O–H groups in total. The van der Waals surface area contributed by atoms with E-state index in [9.17, 15) is 14.0 Å². The van der Waals surface area contributed by atoms with Gasteiger partial charge in [-0.25, -0.2) is 4.39 Å². The number of amides is 2. The van der Waals surface area contributed by atoms with Crippen molar-refractivity contribution in [3.63, 3.8) is 0 Å². The van der Waals surface area contributed by atoms with Gasteiger partial charge >= 0.3 is 0 Å². The minimum atomic E-state index is -0.338. The molecule has 0 radical (unpaired) electrons. The summed E-state index contributed by atoms with van der Waals surface area (Å²) in [7, 11) is 0. The van der Waals surface area contributed by atoms with Crippen LogP contribution in [-0.4, -0.2) is 44.0 Å². The Morgan fingerprint density at radius 2 is 2.07 bits per heavy atom. The molecule has 1 aromatic heterocycles. The molecule has 1 atom stereocenters. The molecule has 2 fully saturated rings. The van der Waals surface area contributed by atoms with Crippen LogP contribution in [0.25, 0.3) is 6.08 Å². The zero-order valence-corrected chi connectivity index (χ0v) is 17.8. The smallest absolute Gasteiger partial charge is 0.266 e. The van der Waals surface area contributed by atoms with Gasteiger partial charge in [0, 0.05) is 18.9 Å². The molecule has 0 bridgehead atoms. The van der Waals surface area contributed by atoms with E-state index in [1.165, 1.54) is 17.0 Å². The minimum absolute atomic E-state index is 0.0342. The largest absolute Gasteiger partial charge is 0.334 e. The van der Waals surface area contributed by atoms with Crippen LogP contribution in [0.3, 0.4) is 0 Å². The lowest BCUT2D eigenvalue weighted by Crippen LogP contribution is -2.45. The van der Waals surface area contributed by atoms with E-state index in [0.29, 0.717) is 21.3 Å². The van der Waals surface area contributed by atoms with E-state index in [1.54, 1.807) is 30.6 Å². The van der Waals surface area contributed by atoms with Gasteiger partial charge in [0.25, 0.3) is 5.91 Å². The van der Waals surface area contributed by atoms with Crippen molar-refractivity contribution < 1.29 is 14.0 Å². The summed E-state index contributed by atoms with van der Waals surface area (Å²) in [5, 5.41) is 0. The van der Waals surface area contributed by atoms with Gasteiger partial charge < -0.3 is 4.90 Å². The molecule has 154 valence electrons. The zero-order valence-electron chi connectivity index (χ0n) is 16.2. The number of benzene rings is 1. The summed E-state index contributed by atoms with van der Waals surface area (Å²) in [4.78, 5) is 33.8. The quantitative estimate of drug-likeness (QED) is 0.526. The third-order valence-corrected chi connectivity index (χ3v) is 6.60. The zero-order chi connectivity index (χ0) is 21.1. The number of hydrogen-bond acceptors (Lipinski definition) is 5. The van der Waals surface area contributed by atoms with Gasteiger partial charge in [0.15, 0.2) is 0 Å². The maximum Gasteiger partial charge on any atom is 0.266 e. The molecule has 0 spiro atoms. The van der Waals surface area contributed by atoms with Crippen molar-refractivity contribution in [1.29, 1.82) is 0 Å². The van der Waals surface area contributed by atoms with Crippen LogP contribution in [0.2, 0.25) is 0 Å². The molecular formula is C22H20FN3O2S2. The van der Waals surface area contributed by atoms with E-state index in [0.717, 1.165) is 36.6 Å². The standard InChI is InChI=1S/C22H20FN3O2S2/c23-17-8-6-15(7-9-17)12-19-21(28)26(22(29)30-19)14-20(27)25-11-2-1-5-18(25)16-4-3-10-24-13-16/h3-4,6-10,12-13,18H,1-2,5,11,14H2/b19-12+/t18-/m1/s1. The Hall–Kier alpha value is -2.58. The van der Waals surface area contributed by atoms with Crippen molar-refractivity contribution in [1.82, 2.24) is 14.8 Å². The highest BCUT2D eigenvalue weighted by molar-refractivity contribution is 8.26. The molecule has 5 nitrogen and oxygen atoms in total. The molecule has 4 rings (SSSR count). The molecule has 8 heteroatoms. The second-order valence-electron chi connectivity index (χ2n) is 7.20. The number of piperidine rings is 1. The first-order chi connectivity index (χ1) is 14.5. The fourth-order valence-electron chi connectivity index (χ4n) is 3.72. The Labute approximate surface area is 184 Å². The summed E-state index contributed by atoms with van der Waals surface area (Å²) in [6.07, 6.45) is 8.03. The molecule has 2 aliphatic heterocycles. The van der Waals surface area contributed by atoms with Crippen LogP contribution < -0.4 is 0 Å². The van der Waals surface area contributed by atoms with E-state index in [-0.39, 0.29) is 30.2 Å². The molecule has 0 saturated carbocycles. The Bertz CT molecular complexity index is 995. The summed E-state index contributed by atoms with van der Waals surface area (Å²) >= 11 is 6.52. The Morgan fingerprint density at radius 1 is 1.27 bits per heavy atom. The predicted molar refractivity (Wildman–Crippen MR) is 119 cm³/mol. The number of hydrogen-bond donors (Lipinski definition) is 0. The van der Waals surface area contributed by atoms with Crippen molar-refractivity contribution in [2.24, 2.45) is 0 Å². The number of halogens is 1. The first kappa shape index (κ1) is 20.7. The van der Waals surface area contributed by atoms with Crippen molar-refractivity contribution in [3.05, 3.63) is 70.6 Å². The highest BCUT2D eigenvalue weighted by Gasteiger charge is 2.36. The highest BCUT2D eigenvalue weighted by atomic mass is 32.2. The van der Waals surface area contributed by atoms with Crippen LogP contribution in [0, 0.1) is 5.82 Å².